The molecule has 14 nitrogen and oxygen atoms in total. The van der Waals surface area contributed by atoms with E-state index in [1.165, 1.54) is 36.4 Å². The van der Waals surface area contributed by atoms with Crippen LogP contribution in [-0.4, -0.2) is 22.8 Å². The van der Waals surface area contributed by atoms with Crippen LogP contribution in [0.15, 0.2) is 87.1 Å². The van der Waals surface area contributed by atoms with E-state index in [-0.39, 0.29) is 16.3 Å². The Kier molecular flexibility index (Phi) is 6.46. The number of hydrogen-bond donors (Lipinski definition) is 1. The summed E-state index contributed by atoms with van der Waals surface area (Å²) in [7, 11) is -4.33. The quantitative estimate of drug-likeness (QED) is 0.154. The average molecular weight is 472 g/mol. The number of rotatable bonds is 8. The third-order valence-electron chi connectivity index (χ3n) is 4.19. The summed E-state index contributed by atoms with van der Waals surface area (Å²) in [5, 5.41) is 33.6. The fraction of sp³-hybridized carbons (Fsp3) is 0. The minimum absolute atomic E-state index is 0.124. The molecule has 3 rings (SSSR count). The molecule has 33 heavy (non-hydrogen) atoms. The Morgan fingerprint density at radius 3 is 1.82 bits per heavy atom. The first-order chi connectivity index (χ1) is 15.6. The molecule has 3 aromatic carbocycles. The highest BCUT2D eigenvalue weighted by Crippen LogP contribution is 2.37. The van der Waals surface area contributed by atoms with Crippen molar-refractivity contribution in [2.45, 2.75) is 4.90 Å². The van der Waals surface area contributed by atoms with Crippen LogP contribution in [0.3, 0.4) is 0 Å². The topological polar surface area (TPSA) is 198 Å². The van der Waals surface area contributed by atoms with Gasteiger partial charge in [-0.2, -0.15) is 23.7 Å². The maximum atomic E-state index is 11.4. The standard InChI is InChI=1S/C18H12N6O8S/c25-21-22(17-10-7-15(23(26)27)11-18(17)24(28)29)14-5-1-12(2-6-14)19-20-13-3-8-16(9-4-13)33(30,31)32/h1-11H,(H,30,31,32). The minimum atomic E-state index is -4.33. The Balaban J connectivity index is 1.85. The zero-order valence-corrected chi connectivity index (χ0v) is 17.1. The zero-order valence-electron chi connectivity index (χ0n) is 16.2. The van der Waals surface area contributed by atoms with Crippen molar-refractivity contribution in [3.05, 3.63) is 91.9 Å². The fourth-order valence-corrected chi connectivity index (χ4v) is 3.12. The molecule has 0 atom stereocenters. The van der Waals surface area contributed by atoms with E-state index in [2.05, 4.69) is 15.5 Å². The Morgan fingerprint density at radius 1 is 0.818 bits per heavy atom. The molecule has 0 fully saturated rings. The van der Waals surface area contributed by atoms with E-state index < -0.39 is 31.3 Å². The largest absolute Gasteiger partial charge is 0.301 e. The van der Waals surface area contributed by atoms with E-state index in [1.807, 2.05) is 0 Å². The van der Waals surface area contributed by atoms with Gasteiger partial charge in [0.15, 0.2) is 0 Å². The molecular weight excluding hydrogens is 460 g/mol. The third kappa shape index (κ3) is 5.35. The number of hydrogen-bond acceptors (Lipinski definition) is 10. The average Bonchev–Trinajstić information content (AvgIpc) is 2.78. The summed E-state index contributed by atoms with van der Waals surface area (Å²) in [5.41, 5.74) is -0.726. The number of nitrogens with zero attached hydrogens (tertiary/aromatic N) is 6. The van der Waals surface area contributed by atoms with Crippen LogP contribution < -0.4 is 5.01 Å². The van der Waals surface area contributed by atoms with E-state index in [0.29, 0.717) is 16.4 Å². The van der Waals surface area contributed by atoms with Crippen LogP contribution in [0.25, 0.3) is 0 Å². The van der Waals surface area contributed by atoms with Gasteiger partial charge in [0.2, 0.25) is 0 Å². The fourth-order valence-electron chi connectivity index (χ4n) is 2.64. The van der Waals surface area contributed by atoms with Gasteiger partial charge in [-0.1, -0.05) is 0 Å². The van der Waals surface area contributed by atoms with Crippen molar-refractivity contribution in [3.63, 3.8) is 0 Å². The summed E-state index contributed by atoms with van der Waals surface area (Å²) in [6.45, 7) is 0. The van der Waals surface area contributed by atoms with Crippen LogP contribution in [0.1, 0.15) is 0 Å². The van der Waals surface area contributed by atoms with Gasteiger partial charge in [0, 0.05) is 6.07 Å². The molecule has 0 bridgehead atoms. The molecule has 0 saturated heterocycles. The molecule has 0 amide bonds. The summed E-state index contributed by atoms with van der Waals surface area (Å²) in [5.74, 6) is 0. The van der Waals surface area contributed by atoms with Gasteiger partial charge in [0.05, 0.1) is 43.2 Å². The summed E-state index contributed by atoms with van der Waals surface area (Å²) >= 11 is 0. The first-order valence-electron chi connectivity index (χ1n) is 8.76. The lowest BCUT2D eigenvalue weighted by Gasteiger charge is -2.15. The number of nitroso groups, excluding NO2 is 1. The van der Waals surface area contributed by atoms with Crippen molar-refractivity contribution in [1.82, 2.24) is 0 Å². The zero-order chi connectivity index (χ0) is 24.2. The smallest absolute Gasteiger partial charge is 0.282 e. The van der Waals surface area contributed by atoms with E-state index in [0.717, 1.165) is 30.3 Å². The molecule has 3 aromatic rings. The summed E-state index contributed by atoms with van der Waals surface area (Å²) < 4.78 is 31.0. The molecule has 0 aromatic heterocycles. The number of benzene rings is 3. The van der Waals surface area contributed by atoms with E-state index >= 15 is 0 Å². The molecule has 1 N–H and O–H groups in total. The van der Waals surface area contributed by atoms with Crippen LogP contribution in [0.5, 0.6) is 0 Å². The molecule has 168 valence electrons. The predicted octanol–water partition coefficient (Wildman–Crippen LogP) is 4.98. The molecule has 15 heteroatoms. The van der Waals surface area contributed by atoms with Gasteiger partial charge in [0.25, 0.3) is 15.8 Å². The summed E-state index contributed by atoms with van der Waals surface area (Å²) in [6, 6.07) is 13.3. The number of anilines is 2. The Labute approximate surface area is 184 Å². The highest BCUT2D eigenvalue weighted by molar-refractivity contribution is 7.85. The van der Waals surface area contributed by atoms with Gasteiger partial charge in [-0.3, -0.25) is 24.8 Å². The van der Waals surface area contributed by atoms with Gasteiger partial charge in [-0.15, -0.1) is 4.91 Å². The van der Waals surface area contributed by atoms with Crippen LogP contribution in [-0.2, 0) is 10.1 Å². The second kappa shape index (κ2) is 9.25. The maximum absolute atomic E-state index is 11.4. The van der Waals surface area contributed by atoms with Crippen molar-refractivity contribution in [2.24, 2.45) is 15.5 Å². The van der Waals surface area contributed by atoms with Crippen molar-refractivity contribution in [3.8, 4) is 0 Å². The molecule has 0 saturated carbocycles. The number of non-ortho nitro benzene ring substituents is 1. The Bertz CT molecular complexity index is 1360. The van der Waals surface area contributed by atoms with Crippen LogP contribution in [0, 0.1) is 25.1 Å². The van der Waals surface area contributed by atoms with E-state index in [9.17, 15) is 33.6 Å². The first-order valence-corrected chi connectivity index (χ1v) is 10.2. The molecule has 0 aliphatic heterocycles. The van der Waals surface area contributed by atoms with Crippen molar-refractivity contribution in [2.75, 3.05) is 5.01 Å². The van der Waals surface area contributed by atoms with E-state index in [1.54, 1.807) is 0 Å². The van der Waals surface area contributed by atoms with Gasteiger partial charge in [0.1, 0.15) is 5.69 Å². The Morgan fingerprint density at radius 2 is 1.36 bits per heavy atom. The summed E-state index contributed by atoms with van der Waals surface area (Å²) in [4.78, 5) is 31.7. The van der Waals surface area contributed by atoms with Crippen LogP contribution in [0.2, 0.25) is 0 Å². The molecule has 0 heterocycles. The number of nitro benzene ring substituents is 2. The minimum Gasteiger partial charge on any atom is -0.282 e. The molecule has 0 aliphatic carbocycles. The lowest BCUT2D eigenvalue weighted by molar-refractivity contribution is -0.393. The monoisotopic (exact) mass is 472 g/mol. The SMILES string of the molecule is O=NN(c1ccc(N=Nc2ccc(S(=O)(=O)O)cc2)cc1)c1ccc([N+](=O)[O-])cc1[N+](=O)[O-]. The number of azo groups is 1. The predicted molar refractivity (Wildman–Crippen MR) is 115 cm³/mol. The second-order valence-corrected chi connectivity index (χ2v) is 7.69. The number of nitro groups is 2. The van der Waals surface area contributed by atoms with Crippen molar-refractivity contribution >= 4 is 44.2 Å². The molecule has 0 aliphatic rings. The first kappa shape index (κ1) is 23.0. The van der Waals surface area contributed by atoms with E-state index in [4.69, 9.17) is 4.55 Å². The molecule has 0 spiro atoms. The second-order valence-electron chi connectivity index (χ2n) is 6.27. The summed E-state index contributed by atoms with van der Waals surface area (Å²) in [6.07, 6.45) is 0. The van der Waals surface area contributed by atoms with Crippen LogP contribution >= 0.6 is 0 Å². The van der Waals surface area contributed by atoms with Gasteiger partial charge in [-0.05, 0) is 54.6 Å². The van der Waals surface area contributed by atoms with Gasteiger partial charge < -0.3 is 0 Å². The van der Waals surface area contributed by atoms with Crippen molar-refractivity contribution in [1.29, 1.82) is 0 Å². The van der Waals surface area contributed by atoms with Gasteiger partial charge >= 0.3 is 5.69 Å². The Hall–Kier alpha value is -4.63. The molecule has 0 unspecified atom stereocenters. The third-order valence-corrected chi connectivity index (χ3v) is 5.05. The van der Waals surface area contributed by atoms with Crippen molar-refractivity contribution < 1.29 is 22.8 Å². The maximum Gasteiger partial charge on any atom is 0.301 e. The molecular formula is C18H12N6O8S. The lowest BCUT2D eigenvalue weighted by Crippen LogP contribution is -2.10. The highest BCUT2D eigenvalue weighted by atomic mass is 32.2. The molecule has 0 radical (unpaired) electrons. The van der Waals surface area contributed by atoms with Gasteiger partial charge in [-0.25, -0.2) is 0 Å². The normalized spacial score (nSPS) is 11.3. The lowest BCUT2D eigenvalue weighted by atomic mass is 10.2. The highest BCUT2D eigenvalue weighted by Gasteiger charge is 2.25. The van der Waals surface area contributed by atoms with Crippen LogP contribution in [0.4, 0.5) is 34.1 Å².